The molecule has 2 aliphatic heterocycles. The third kappa shape index (κ3) is 8.74. The highest BCUT2D eigenvalue weighted by molar-refractivity contribution is 6.22. The number of nitrogens with zero attached hydrogens (tertiary/aromatic N) is 3. The second kappa shape index (κ2) is 18.6. The first-order chi connectivity index (χ1) is 33.3. The predicted octanol–water partition coefficient (Wildman–Crippen LogP) is 6.16. The molecule has 0 spiro atoms. The van der Waals surface area contributed by atoms with Gasteiger partial charge in [-0.25, -0.2) is 14.2 Å². The molecule has 70 heavy (non-hydrogen) atoms. The van der Waals surface area contributed by atoms with Crippen LogP contribution in [0.3, 0.4) is 0 Å². The van der Waals surface area contributed by atoms with Crippen LogP contribution in [-0.4, -0.2) is 104 Å². The van der Waals surface area contributed by atoms with Gasteiger partial charge in [0.15, 0.2) is 11.6 Å². The Hall–Kier alpha value is -7.16. The van der Waals surface area contributed by atoms with E-state index in [1.165, 1.54) is 11.0 Å². The van der Waals surface area contributed by atoms with E-state index in [0.717, 1.165) is 11.0 Å². The quantitative estimate of drug-likeness (QED) is 0.0190. The molecule has 10 rings (SSSR count). The Kier molecular flexibility index (Phi) is 12.7. The average molecular weight is 951 g/mol. The van der Waals surface area contributed by atoms with Gasteiger partial charge in [-0.3, -0.25) is 28.9 Å². The first-order valence-corrected chi connectivity index (χ1v) is 24.2. The molecule has 2 heterocycles. The van der Waals surface area contributed by atoms with Crippen molar-refractivity contribution in [1.82, 2.24) is 20.1 Å². The Bertz CT molecular complexity index is 2960. The molecule has 8 aliphatic rings. The number of imide groups is 1. The third-order valence-corrected chi connectivity index (χ3v) is 15.1. The van der Waals surface area contributed by atoms with Gasteiger partial charge in [0.25, 0.3) is 5.91 Å². The summed E-state index contributed by atoms with van der Waals surface area (Å²) in [5, 5.41) is 28.4. The molecule has 0 aromatic heterocycles. The zero-order valence-corrected chi connectivity index (χ0v) is 40.4. The standard InChI is InChI=1S/C55H59N5O10/c1-55(2)27-42(61)49(43(62)28-55)40(11-9-23-60-51(64)47-34-20-21-35(48(47)52(60)65)33-19-18-32(33)34)57-41(54(68)69)10-7-8-22-56-50(63)29-12-15-36(39(24-29)53(66)67)46-37-16-13-30(58(3)4)25-44(37)70-45-26-31(59(5)6)14-17-38(45)46/h12-21,24-26,32-35,41,47-48H,7-11,22-23,27-28H2,1-6H3,(H3-,56,57,61,62,63,66,67,68,69)/p+1. The van der Waals surface area contributed by atoms with Crippen molar-refractivity contribution in [3.63, 3.8) is 0 Å². The van der Waals surface area contributed by atoms with E-state index in [1.807, 2.05) is 87.9 Å². The van der Waals surface area contributed by atoms with E-state index in [0.29, 0.717) is 46.3 Å². The van der Waals surface area contributed by atoms with E-state index in [4.69, 9.17) is 4.42 Å². The molecule has 6 aliphatic carbocycles. The molecular formula is C55H60N5O10+. The molecule has 364 valence electrons. The average Bonchev–Trinajstić information content (AvgIpc) is 3.54. The number of Topliss-reactive ketones (excluding diaryl/α,β-unsaturated/α-hetero) is 2. The molecule has 1 saturated heterocycles. The van der Waals surface area contributed by atoms with Crippen LogP contribution in [-0.2, 0) is 24.0 Å². The zero-order chi connectivity index (χ0) is 49.9. The van der Waals surface area contributed by atoms with Crippen molar-refractivity contribution < 1.29 is 48.2 Å². The molecule has 7 unspecified atom stereocenters. The van der Waals surface area contributed by atoms with Crippen molar-refractivity contribution in [3.05, 3.63) is 107 Å². The highest BCUT2D eigenvalue weighted by Crippen LogP contribution is 2.58. The smallest absolute Gasteiger partial charge is 0.336 e. The number of aromatic carboxylic acids is 1. The lowest BCUT2D eigenvalue weighted by atomic mass is 9.50. The topological polar surface area (TPSA) is 207 Å². The molecule has 3 fully saturated rings. The summed E-state index contributed by atoms with van der Waals surface area (Å²) in [5.74, 6) is -3.76. The normalized spacial score (nSPS) is 23.3. The van der Waals surface area contributed by atoms with Gasteiger partial charge in [0.1, 0.15) is 31.5 Å². The Morgan fingerprint density at radius 2 is 1.46 bits per heavy atom. The minimum absolute atomic E-state index is 0.0115. The van der Waals surface area contributed by atoms with Crippen molar-refractivity contribution >= 4 is 57.9 Å². The molecule has 2 bridgehead atoms. The number of ketones is 2. The van der Waals surface area contributed by atoms with Crippen LogP contribution in [0, 0.1) is 40.9 Å². The third-order valence-electron chi connectivity index (χ3n) is 15.1. The number of carbonyl (C=O) groups excluding carboxylic acids is 5. The van der Waals surface area contributed by atoms with Crippen molar-refractivity contribution in [2.45, 2.75) is 64.8 Å². The number of hydrogen-bond donors (Lipinski definition) is 4. The van der Waals surface area contributed by atoms with Crippen LogP contribution in [0.5, 0.6) is 0 Å². The van der Waals surface area contributed by atoms with Crippen LogP contribution in [0.25, 0.3) is 33.4 Å². The fourth-order valence-corrected chi connectivity index (χ4v) is 11.5. The summed E-state index contributed by atoms with van der Waals surface area (Å²) in [7, 11) is 7.69. The molecule has 7 atom stereocenters. The van der Waals surface area contributed by atoms with Crippen LogP contribution in [0.15, 0.2) is 94.6 Å². The van der Waals surface area contributed by atoms with E-state index >= 15 is 0 Å². The number of anilines is 1. The SMILES string of the molecule is CN(C)c1ccc2c(-c3ccc(C(=O)NCCCCC(NC(CCCN4C(=O)C5C6C=CC(C7C=CC76)C5C4=O)=C4C(=O)CC(C)(C)CC4=O)C(=O)O)cc3C(=O)O)c3ccc(=[N+](C)C)cc-3oc2c1. The summed E-state index contributed by atoms with van der Waals surface area (Å²) in [6.07, 6.45) is 9.74. The Morgan fingerprint density at radius 3 is 2.06 bits per heavy atom. The first-order valence-electron chi connectivity index (χ1n) is 24.2. The van der Waals surface area contributed by atoms with Crippen LogP contribution >= 0.6 is 0 Å². The number of carbonyl (C=O) groups is 7. The lowest BCUT2D eigenvalue weighted by Gasteiger charge is -2.51. The molecule has 4 N–H and O–H groups in total. The maximum absolute atomic E-state index is 13.7. The van der Waals surface area contributed by atoms with Crippen LogP contribution < -0.4 is 25.5 Å². The molecule has 3 amide bonds. The molecular weight excluding hydrogens is 891 g/mol. The van der Waals surface area contributed by atoms with Crippen LogP contribution in [0.4, 0.5) is 5.69 Å². The van der Waals surface area contributed by atoms with Crippen LogP contribution in [0.2, 0.25) is 0 Å². The number of carboxylic acids is 2. The number of allylic oxidation sites excluding steroid dienone is 6. The number of rotatable bonds is 16. The second-order valence-electron chi connectivity index (χ2n) is 20.8. The lowest BCUT2D eigenvalue weighted by Crippen LogP contribution is -2.50. The Morgan fingerprint density at radius 1 is 0.814 bits per heavy atom. The number of carboxylic acid groups (broad SMARTS) is 2. The summed E-state index contributed by atoms with van der Waals surface area (Å²) < 4.78 is 8.37. The maximum atomic E-state index is 13.7. The van der Waals surface area contributed by atoms with Crippen molar-refractivity contribution in [1.29, 1.82) is 0 Å². The van der Waals surface area contributed by atoms with Gasteiger partial charge < -0.3 is 30.2 Å². The number of aliphatic carboxylic acids is 1. The second-order valence-corrected chi connectivity index (χ2v) is 20.8. The van der Waals surface area contributed by atoms with Crippen LogP contribution in [0.1, 0.15) is 79.5 Å². The van der Waals surface area contributed by atoms with Gasteiger partial charge in [0.05, 0.1) is 29.0 Å². The zero-order valence-electron chi connectivity index (χ0n) is 40.4. The summed E-state index contributed by atoms with van der Waals surface area (Å²) >= 11 is 0. The number of fused-ring (bicyclic) bond motifs is 2. The molecule has 2 aromatic carbocycles. The summed E-state index contributed by atoms with van der Waals surface area (Å²) in [5.41, 5.74) is 2.89. The summed E-state index contributed by atoms with van der Waals surface area (Å²) in [4.78, 5) is 97.1. The number of nitrogens with one attached hydrogen (secondary N) is 2. The van der Waals surface area contributed by atoms with Gasteiger partial charge in [-0.05, 0) is 97.1 Å². The maximum Gasteiger partial charge on any atom is 0.336 e. The van der Waals surface area contributed by atoms with Gasteiger partial charge in [0.2, 0.25) is 17.2 Å². The van der Waals surface area contributed by atoms with E-state index in [-0.39, 0.29) is 115 Å². The molecule has 0 radical (unpaired) electrons. The van der Waals surface area contributed by atoms with Gasteiger partial charge >= 0.3 is 11.9 Å². The molecule has 2 saturated carbocycles. The lowest BCUT2D eigenvalue weighted by molar-refractivity contribution is -0.141. The van der Waals surface area contributed by atoms with E-state index in [2.05, 4.69) is 34.9 Å². The minimum atomic E-state index is -1.22. The van der Waals surface area contributed by atoms with Crippen molar-refractivity contribution in [3.8, 4) is 22.5 Å². The van der Waals surface area contributed by atoms with Gasteiger partial charge in [-0.15, -0.1) is 0 Å². The monoisotopic (exact) mass is 950 g/mol. The Balaban J connectivity index is 0.869. The fraction of sp³-hybridized carbons (Fsp3) is 0.418. The highest BCUT2D eigenvalue weighted by Gasteiger charge is 2.62. The number of amides is 3. The van der Waals surface area contributed by atoms with E-state index in [9.17, 15) is 43.8 Å². The van der Waals surface area contributed by atoms with Crippen molar-refractivity contribution in [2.75, 3.05) is 46.2 Å². The molecule has 2 aromatic rings. The number of likely N-dealkylation sites (tertiary alicyclic amines) is 1. The van der Waals surface area contributed by atoms with Crippen molar-refractivity contribution in [2.24, 2.45) is 40.9 Å². The fourth-order valence-electron chi connectivity index (χ4n) is 11.5. The number of unbranched alkanes of at least 4 members (excludes halogenated alkanes) is 1. The van der Waals surface area contributed by atoms with Gasteiger partial charge in [-0.2, -0.15) is 0 Å². The summed E-state index contributed by atoms with van der Waals surface area (Å²) in [6.45, 7) is 3.91. The molecule has 15 nitrogen and oxygen atoms in total. The minimum Gasteiger partial charge on any atom is -0.480 e. The largest absolute Gasteiger partial charge is 0.480 e. The van der Waals surface area contributed by atoms with Gasteiger partial charge in [0, 0.05) is 85.6 Å². The van der Waals surface area contributed by atoms with E-state index in [1.54, 1.807) is 12.1 Å². The number of hydrogen-bond acceptors (Lipinski definition) is 10. The molecule has 15 heteroatoms. The predicted molar refractivity (Wildman–Crippen MR) is 263 cm³/mol. The highest BCUT2D eigenvalue weighted by atomic mass is 16.4. The summed E-state index contributed by atoms with van der Waals surface area (Å²) in [6, 6.07) is 14.9. The Labute approximate surface area is 405 Å². The van der Waals surface area contributed by atoms with E-state index < -0.39 is 41.1 Å². The van der Waals surface area contributed by atoms with Gasteiger partial charge in [-0.1, -0.05) is 44.2 Å². The first kappa shape index (κ1) is 47.9. The number of benzene rings is 3.